The lowest BCUT2D eigenvalue weighted by Crippen LogP contribution is -2.75. The molecule has 0 unspecified atom stereocenters. The molecule has 0 radical (unpaired) electrons. The number of Topliss-reactive ketones (excluding diaryl/α,β-unsaturated/α-hetero) is 1. The minimum absolute atomic E-state index is 0.0662. The van der Waals surface area contributed by atoms with Crippen molar-refractivity contribution in [3.63, 3.8) is 0 Å². The van der Waals surface area contributed by atoms with Crippen LogP contribution < -0.4 is 0 Å². The zero-order valence-electron chi connectivity index (χ0n) is 40.4. The molecule has 0 amide bonds. The first-order chi connectivity index (χ1) is 31.1. The van der Waals surface area contributed by atoms with Crippen LogP contribution in [0.4, 0.5) is 0 Å². The van der Waals surface area contributed by atoms with Crippen molar-refractivity contribution < 1.29 is 87.5 Å². The molecule has 0 spiro atoms. The SMILES string of the molecule is CO[C@@H]1[C@@H](O)[C@H](O[C@@H]2[C@@H](C)O[C@@H](O[C@H]3[C@@H](OC)C[C@H](O[C@H]4[C@@H](O)C[C@H](O[C@H]5CC[C@@]6(C)C(=CC[C@]7(O)[C@@H]6C[C@@H](O)[C@]6(C)[C@H](C(C)=O)CC[C@@]67O)C5)O[C@@H]4C)O[C@@H]3C)C[C@H]2OC)O[C@H](C)[C@H]1O. The van der Waals surface area contributed by atoms with Gasteiger partial charge in [-0.1, -0.05) is 25.5 Å². The Balaban J connectivity index is 0.832. The molecular weight excluding hydrogens is 865 g/mol. The van der Waals surface area contributed by atoms with Gasteiger partial charge in [0.2, 0.25) is 0 Å². The van der Waals surface area contributed by atoms with Crippen molar-refractivity contribution in [3.8, 4) is 0 Å². The Morgan fingerprint density at radius 3 is 1.82 bits per heavy atom. The van der Waals surface area contributed by atoms with Gasteiger partial charge in [-0.15, -0.1) is 0 Å². The lowest BCUT2D eigenvalue weighted by atomic mass is 9.43. The van der Waals surface area contributed by atoms with E-state index >= 15 is 0 Å². The van der Waals surface area contributed by atoms with E-state index in [9.17, 15) is 35.4 Å². The molecule has 0 bridgehead atoms. The van der Waals surface area contributed by atoms with Crippen LogP contribution >= 0.6 is 0 Å². The fourth-order valence-electron chi connectivity index (χ4n) is 13.8. The third-order valence-corrected chi connectivity index (χ3v) is 17.7. The summed E-state index contributed by atoms with van der Waals surface area (Å²) in [4.78, 5) is 12.7. The molecule has 18 heteroatoms. The minimum atomic E-state index is -1.60. The van der Waals surface area contributed by atoms with Gasteiger partial charge in [0.05, 0.1) is 54.9 Å². The van der Waals surface area contributed by atoms with E-state index in [2.05, 4.69) is 13.0 Å². The highest BCUT2D eigenvalue weighted by atomic mass is 16.8. The Morgan fingerprint density at radius 2 is 1.24 bits per heavy atom. The van der Waals surface area contributed by atoms with Crippen molar-refractivity contribution >= 4 is 5.78 Å². The molecule has 3 saturated carbocycles. The van der Waals surface area contributed by atoms with Crippen LogP contribution in [-0.2, 0) is 56.9 Å². The third kappa shape index (κ3) is 8.60. The number of rotatable bonds is 12. The van der Waals surface area contributed by atoms with Crippen LogP contribution in [0.2, 0.25) is 0 Å². The van der Waals surface area contributed by atoms with E-state index in [1.165, 1.54) is 14.0 Å². The van der Waals surface area contributed by atoms with Gasteiger partial charge in [0, 0.05) is 57.8 Å². The van der Waals surface area contributed by atoms with Gasteiger partial charge in [-0.3, -0.25) is 4.79 Å². The molecular formula is C48H78O18. The molecule has 25 atom stereocenters. The van der Waals surface area contributed by atoms with Gasteiger partial charge in [-0.25, -0.2) is 0 Å². The summed E-state index contributed by atoms with van der Waals surface area (Å²) in [6, 6.07) is 0. The summed E-state index contributed by atoms with van der Waals surface area (Å²) in [5.74, 6) is -0.979. The van der Waals surface area contributed by atoms with Crippen LogP contribution in [0.3, 0.4) is 0 Å². The molecule has 18 nitrogen and oxygen atoms in total. The fourth-order valence-corrected chi connectivity index (χ4v) is 13.8. The quantitative estimate of drug-likeness (QED) is 0.154. The zero-order valence-corrected chi connectivity index (χ0v) is 40.4. The molecule has 8 rings (SSSR count). The predicted molar refractivity (Wildman–Crippen MR) is 231 cm³/mol. The van der Waals surface area contributed by atoms with Crippen molar-refractivity contribution in [1.82, 2.24) is 0 Å². The molecule has 378 valence electrons. The van der Waals surface area contributed by atoms with Crippen LogP contribution in [0, 0.1) is 22.7 Å². The zero-order chi connectivity index (χ0) is 47.8. The number of methoxy groups -OCH3 is 3. The molecule has 4 aliphatic heterocycles. The van der Waals surface area contributed by atoms with Crippen molar-refractivity contribution in [2.45, 2.75) is 241 Å². The Labute approximate surface area is 388 Å². The number of ketones is 1. The molecule has 7 fully saturated rings. The average molecular weight is 943 g/mol. The highest BCUT2D eigenvalue weighted by Gasteiger charge is 2.76. The first kappa shape index (κ1) is 51.1. The van der Waals surface area contributed by atoms with Gasteiger partial charge in [0.25, 0.3) is 0 Å². The predicted octanol–water partition coefficient (Wildman–Crippen LogP) is 2.17. The molecule has 8 aliphatic rings. The first-order valence-electron chi connectivity index (χ1n) is 24.3. The number of carbonyl (C=O) groups excluding carboxylic acids is 1. The van der Waals surface area contributed by atoms with Gasteiger partial charge in [0.1, 0.15) is 53.6 Å². The van der Waals surface area contributed by atoms with Crippen LogP contribution in [0.5, 0.6) is 0 Å². The topological polar surface area (TPSA) is 240 Å². The number of ether oxygens (including phenoxy) is 11. The van der Waals surface area contributed by atoms with Crippen molar-refractivity contribution in [2.75, 3.05) is 21.3 Å². The number of aliphatic hydroxyl groups is 6. The molecule has 6 N–H and O–H groups in total. The van der Waals surface area contributed by atoms with E-state index in [1.54, 1.807) is 28.1 Å². The van der Waals surface area contributed by atoms with Crippen LogP contribution in [0.1, 0.15) is 113 Å². The monoisotopic (exact) mass is 943 g/mol. The summed E-state index contributed by atoms with van der Waals surface area (Å²) in [5.41, 5.74) is -3.57. The second-order valence-corrected chi connectivity index (χ2v) is 21.3. The molecule has 4 saturated heterocycles. The van der Waals surface area contributed by atoms with E-state index in [0.29, 0.717) is 44.9 Å². The number of fused-ring (bicyclic) bond motifs is 5. The van der Waals surface area contributed by atoms with Crippen LogP contribution in [0.15, 0.2) is 11.6 Å². The molecule has 66 heavy (non-hydrogen) atoms. The molecule has 4 heterocycles. The Hall–Kier alpha value is -1.27. The van der Waals surface area contributed by atoms with Crippen LogP contribution in [-0.4, -0.2) is 186 Å². The standard InChI is InChI=1S/C48H78O18/c1-22(49)29-13-16-48(55)46(29,7)34(51)21-33-45(6)14-12-28(17-27(45)11-15-47(33,48)54)63-35-18-30(50)40(24(3)59-35)64-36-19-31(56-8)41(25(4)60-36)65-37-20-32(57-9)42(26(5)61-37)66-44-39(53)43(58-10)38(52)23(2)62-44/h11,23-26,28-44,50-55H,12-21H2,1-10H3/t23-,24-,25-,26-,28+,29+,30+,31+,32-,33-,34-,35+,36+,37+,38-,39-,40-,41-,42-,43+,44+,45+,46+,47+,48-/m1/s1. The molecule has 0 aromatic heterocycles. The smallest absolute Gasteiger partial charge is 0.187 e. The van der Waals surface area contributed by atoms with E-state index in [1.807, 2.05) is 20.8 Å². The van der Waals surface area contributed by atoms with Crippen molar-refractivity contribution in [3.05, 3.63) is 11.6 Å². The number of aliphatic hydroxyl groups excluding tert-OH is 4. The van der Waals surface area contributed by atoms with E-state index in [0.717, 1.165) is 5.57 Å². The third-order valence-electron chi connectivity index (χ3n) is 17.7. The van der Waals surface area contributed by atoms with Gasteiger partial charge >= 0.3 is 0 Å². The Kier molecular flexibility index (Phi) is 15.0. The number of carbonyl (C=O) groups is 1. The van der Waals surface area contributed by atoms with Gasteiger partial charge < -0.3 is 82.7 Å². The van der Waals surface area contributed by atoms with Gasteiger partial charge in [0.15, 0.2) is 25.2 Å². The second kappa shape index (κ2) is 19.4. The molecule has 4 aliphatic carbocycles. The maximum Gasteiger partial charge on any atom is 0.187 e. The summed E-state index contributed by atoms with van der Waals surface area (Å²) in [7, 11) is 4.58. The normalized spacial score (nSPS) is 54.2. The van der Waals surface area contributed by atoms with Gasteiger partial charge in [-0.05, 0) is 85.0 Å². The minimum Gasteiger partial charge on any atom is -0.392 e. The van der Waals surface area contributed by atoms with Crippen molar-refractivity contribution in [1.29, 1.82) is 0 Å². The van der Waals surface area contributed by atoms with Crippen molar-refractivity contribution in [2.24, 2.45) is 22.7 Å². The summed E-state index contributed by atoms with van der Waals surface area (Å²) in [6.45, 7) is 12.6. The van der Waals surface area contributed by atoms with Gasteiger partial charge in [-0.2, -0.15) is 0 Å². The van der Waals surface area contributed by atoms with E-state index < -0.39 is 144 Å². The maximum atomic E-state index is 12.7. The summed E-state index contributed by atoms with van der Waals surface area (Å²) in [5, 5.41) is 69.3. The molecule has 0 aromatic carbocycles. The Morgan fingerprint density at radius 1 is 0.667 bits per heavy atom. The highest BCUT2D eigenvalue weighted by molar-refractivity contribution is 5.80. The fraction of sp³-hybridized carbons (Fsp3) is 0.938. The summed E-state index contributed by atoms with van der Waals surface area (Å²) < 4.78 is 67.6. The highest BCUT2D eigenvalue weighted by Crippen LogP contribution is 2.69. The maximum absolute atomic E-state index is 12.7. The lowest BCUT2D eigenvalue weighted by molar-refractivity contribution is -0.355. The second-order valence-electron chi connectivity index (χ2n) is 21.3. The Bertz CT molecular complexity index is 1720. The number of hydrogen-bond donors (Lipinski definition) is 6. The number of hydrogen-bond acceptors (Lipinski definition) is 18. The molecule has 0 aromatic rings. The average Bonchev–Trinajstić information content (AvgIpc) is 3.56. The summed E-state index contributed by atoms with van der Waals surface area (Å²) in [6.07, 6.45) is -7.46. The summed E-state index contributed by atoms with van der Waals surface area (Å²) >= 11 is 0. The van der Waals surface area contributed by atoms with E-state index in [4.69, 9.17) is 52.1 Å². The largest absolute Gasteiger partial charge is 0.392 e. The van der Waals surface area contributed by atoms with Crippen LogP contribution in [0.25, 0.3) is 0 Å². The lowest BCUT2D eigenvalue weighted by Gasteiger charge is -2.66. The van der Waals surface area contributed by atoms with E-state index in [-0.39, 0.29) is 31.1 Å². The first-order valence-corrected chi connectivity index (χ1v) is 24.3.